The van der Waals surface area contributed by atoms with Crippen molar-refractivity contribution in [3.05, 3.63) is 29.8 Å². The third-order valence-corrected chi connectivity index (χ3v) is 3.52. The number of anilines is 1. The normalized spacial score (nSPS) is 11.6. The van der Waals surface area contributed by atoms with Crippen molar-refractivity contribution in [3.63, 3.8) is 0 Å². The molecule has 0 atom stereocenters. The fraction of sp³-hybridized carbons (Fsp3) is 0.385. The molecule has 0 aliphatic heterocycles. The van der Waals surface area contributed by atoms with Crippen molar-refractivity contribution in [1.29, 1.82) is 0 Å². The van der Waals surface area contributed by atoms with Crippen molar-refractivity contribution in [2.45, 2.75) is 43.3 Å². The zero-order chi connectivity index (χ0) is 14.0. The van der Waals surface area contributed by atoms with Gasteiger partial charge in [0.1, 0.15) is 16.7 Å². The molecule has 0 radical (unpaired) electrons. The molecule has 0 saturated heterocycles. The predicted molar refractivity (Wildman–Crippen MR) is 76.0 cm³/mol. The molecule has 0 fully saturated rings. The fourth-order valence-electron chi connectivity index (χ4n) is 1.37. The maximum Gasteiger partial charge on any atom is 0.193 e. The zero-order valence-electron chi connectivity index (χ0n) is 11.5. The van der Waals surface area contributed by atoms with Crippen LogP contribution in [0.25, 0.3) is 0 Å². The zero-order valence-corrected chi connectivity index (χ0v) is 12.3. The number of nitrogens with zero attached hydrogens (tertiary/aromatic N) is 4. The van der Waals surface area contributed by atoms with E-state index < -0.39 is 0 Å². The number of aromatic nitrogens is 4. The molecular weight excluding hydrogens is 258 g/mol. The lowest BCUT2D eigenvalue weighted by Gasteiger charge is -2.18. The van der Waals surface area contributed by atoms with Gasteiger partial charge < -0.3 is 5.73 Å². The molecule has 0 spiro atoms. The first-order valence-corrected chi connectivity index (χ1v) is 6.79. The highest BCUT2D eigenvalue weighted by atomic mass is 32.2. The van der Waals surface area contributed by atoms with Gasteiger partial charge in [-0.3, -0.25) is 0 Å². The van der Waals surface area contributed by atoms with E-state index >= 15 is 0 Å². The largest absolute Gasteiger partial charge is 0.383 e. The quantitative estimate of drug-likeness (QED) is 0.670. The molecule has 100 valence electrons. The van der Waals surface area contributed by atoms with Crippen LogP contribution in [0.15, 0.2) is 28.6 Å². The molecule has 0 amide bonds. The minimum atomic E-state index is -0.144. The first-order chi connectivity index (χ1) is 8.88. The van der Waals surface area contributed by atoms with Crippen LogP contribution in [0.2, 0.25) is 0 Å². The Labute approximate surface area is 117 Å². The van der Waals surface area contributed by atoms with E-state index in [0.717, 1.165) is 16.4 Å². The lowest BCUT2D eigenvalue weighted by atomic mass is 9.95. The summed E-state index contributed by atoms with van der Waals surface area (Å²) in [5.74, 6) is 1.24. The summed E-state index contributed by atoms with van der Waals surface area (Å²) < 4.78 is 0. The standard InChI is InChI=1S/C13H17N5S/c1-8-9(14)17-11(13(2,3)4)18-10(8)19-12-15-6-5-7-16-12/h5-7H,1-4H3,(H2,14,17,18). The molecule has 6 heteroatoms. The molecule has 2 N–H and O–H groups in total. The lowest BCUT2D eigenvalue weighted by Crippen LogP contribution is -2.18. The van der Waals surface area contributed by atoms with Gasteiger partial charge in [0.25, 0.3) is 0 Å². The van der Waals surface area contributed by atoms with Crippen LogP contribution < -0.4 is 5.73 Å². The topological polar surface area (TPSA) is 77.6 Å². The van der Waals surface area contributed by atoms with Crippen LogP contribution in [0.3, 0.4) is 0 Å². The lowest BCUT2D eigenvalue weighted by molar-refractivity contribution is 0.538. The van der Waals surface area contributed by atoms with Crippen molar-refractivity contribution in [1.82, 2.24) is 19.9 Å². The van der Waals surface area contributed by atoms with E-state index in [2.05, 4.69) is 40.7 Å². The summed E-state index contributed by atoms with van der Waals surface area (Å²) in [5.41, 5.74) is 6.69. The number of nitrogen functional groups attached to an aromatic ring is 1. The van der Waals surface area contributed by atoms with Gasteiger partial charge in [0.15, 0.2) is 5.16 Å². The molecule has 0 unspecified atom stereocenters. The van der Waals surface area contributed by atoms with Crippen LogP contribution in [-0.2, 0) is 5.41 Å². The van der Waals surface area contributed by atoms with Gasteiger partial charge in [-0.05, 0) is 24.8 Å². The van der Waals surface area contributed by atoms with Crippen molar-refractivity contribution >= 4 is 17.6 Å². The van der Waals surface area contributed by atoms with Gasteiger partial charge in [-0.2, -0.15) is 0 Å². The fourth-order valence-corrected chi connectivity index (χ4v) is 2.16. The highest BCUT2D eigenvalue weighted by molar-refractivity contribution is 7.99. The first kappa shape index (κ1) is 13.7. The number of hydrogen-bond donors (Lipinski definition) is 1. The highest BCUT2D eigenvalue weighted by Crippen LogP contribution is 2.30. The van der Waals surface area contributed by atoms with Crippen molar-refractivity contribution in [3.8, 4) is 0 Å². The van der Waals surface area contributed by atoms with Gasteiger partial charge in [0, 0.05) is 23.4 Å². The first-order valence-electron chi connectivity index (χ1n) is 5.97. The molecule has 2 aromatic rings. The van der Waals surface area contributed by atoms with Crippen molar-refractivity contribution in [2.24, 2.45) is 0 Å². The second-order valence-electron chi connectivity index (χ2n) is 5.25. The van der Waals surface area contributed by atoms with Crippen LogP contribution in [0.5, 0.6) is 0 Å². The van der Waals surface area contributed by atoms with Crippen LogP contribution in [0.1, 0.15) is 32.2 Å². The Bertz CT molecular complexity index is 578. The third-order valence-electron chi connectivity index (χ3n) is 2.54. The molecule has 19 heavy (non-hydrogen) atoms. The molecule has 5 nitrogen and oxygen atoms in total. The van der Waals surface area contributed by atoms with E-state index in [1.807, 2.05) is 6.92 Å². The molecule has 0 aromatic carbocycles. The summed E-state index contributed by atoms with van der Waals surface area (Å²) in [6.07, 6.45) is 3.42. The van der Waals surface area contributed by atoms with Crippen molar-refractivity contribution < 1.29 is 0 Å². The number of nitrogens with two attached hydrogens (primary N) is 1. The molecule has 0 aliphatic rings. The van der Waals surface area contributed by atoms with Crippen LogP contribution in [-0.4, -0.2) is 19.9 Å². The monoisotopic (exact) mass is 275 g/mol. The molecule has 0 aliphatic carbocycles. The van der Waals surface area contributed by atoms with E-state index in [9.17, 15) is 0 Å². The summed E-state index contributed by atoms with van der Waals surface area (Å²) in [5, 5.41) is 1.46. The SMILES string of the molecule is Cc1c(N)nc(C(C)(C)C)nc1Sc1ncccn1. The summed E-state index contributed by atoms with van der Waals surface area (Å²) in [6, 6.07) is 1.78. The Hall–Kier alpha value is -1.69. The predicted octanol–water partition coefficient (Wildman–Crippen LogP) is 2.61. The van der Waals surface area contributed by atoms with E-state index in [4.69, 9.17) is 5.73 Å². The van der Waals surface area contributed by atoms with Gasteiger partial charge in [-0.15, -0.1) is 0 Å². The Morgan fingerprint density at radius 1 is 1.11 bits per heavy atom. The minimum Gasteiger partial charge on any atom is -0.383 e. The smallest absolute Gasteiger partial charge is 0.193 e. The van der Waals surface area contributed by atoms with Crippen LogP contribution >= 0.6 is 11.8 Å². The molecular formula is C13H17N5S. The Morgan fingerprint density at radius 3 is 2.32 bits per heavy atom. The summed E-state index contributed by atoms with van der Waals surface area (Å²) in [7, 11) is 0. The summed E-state index contributed by atoms with van der Waals surface area (Å²) in [6.45, 7) is 8.09. The molecule has 0 saturated carbocycles. The Kier molecular flexibility index (Phi) is 3.71. The Morgan fingerprint density at radius 2 is 1.74 bits per heavy atom. The average molecular weight is 275 g/mol. The second kappa shape index (κ2) is 5.13. The van der Waals surface area contributed by atoms with Gasteiger partial charge >= 0.3 is 0 Å². The van der Waals surface area contributed by atoms with Gasteiger partial charge in [0.2, 0.25) is 0 Å². The van der Waals surface area contributed by atoms with E-state index in [1.165, 1.54) is 11.8 Å². The maximum absolute atomic E-state index is 5.97. The molecule has 0 bridgehead atoms. The third kappa shape index (κ3) is 3.20. The van der Waals surface area contributed by atoms with E-state index in [1.54, 1.807) is 18.5 Å². The van der Waals surface area contributed by atoms with E-state index in [0.29, 0.717) is 11.0 Å². The Balaban J connectivity index is 2.42. The van der Waals surface area contributed by atoms with Gasteiger partial charge in [-0.1, -0.05) is 20.8 Å². The summed E-state index contributed by atoms with van der Waals surface area (Å²) >= 11 is 1.41. The second-order valence-corrected chi connectivity index (χ2v) is 6.20. The minimum absolute atomic E-state index is 0.144. The number of rotatable bonds is 2. The molecule has 2 heterocycles. The van der Waals surface area contributed by atoms with Gasteiger partial charge in [-0.25, -0.2) is 19.9 Å². The van der Waals surface area contributed by atoms with Crippen LogP contribution in [0.4, 0.5) is 5.82 Å². The highest BCUT2D eigenvalue weighted by Gasteiger charge is 2.21. The summed E-state index contributed by atoms with van der Waals surface area (Å²) in [4.78, 5) is 17.3. The molecule has 2 rings (SSSR count). The molecule has 2 aromatic heterocycles. The maximum atomic E-state index is 5.97. The van der Waals surface area contributed by atoms with Gasteiger partial charge in [0.05, 0.1) is 0 Å². The average Bonchev–Trinajstić information content (AvgIpc) is 2.34. The number of hydrogen-bond acceptors (Lipinski definition) is 6. The van der Waals surface area contributed by atoms with Crippen molar-refractivity contribution in [2.75, 3.05) is 5.73 Å². The van der Waals surface area contributed by atoms with E-state index in [-0.39, 0.29) is 5.41 Å². The van der Waals surface area contributed by atoms with Crippen LogP contribution in [0, 0.1) is 6.92 Å².